The largest absolute Gasteiger partial charge is 0.375 e. The second-order valence-corrected chi connectivity index (χ2v) is 6.26. The molecule has 1 saturated heterocycles. The third-order valence-corrected chi connectivity index (χ3v) is 4.16. The molecule has 1 aliphatic heterocycles. The van der Waals surface area contributed by atoms with E-state index in [1.54, 1.807) is 11.3 Å². The SMILES string of the molecule is CN1CCN(Cc2cnc(N)s2)CC1(C)C. The van der Waals surface area contributed by atoms with Gasteiger partial charge in [0.05, 0.1) is 0 Å². The highest BCUT2D eigenvalue weighted by Gasteiger charge is 2.30. The number of likely N-dealkylation sites (N-methyl/N-ethyl adjacent to an activating group) is 1. The van der Waals surface area contributed by atoms with Crippen LogP contribution in [-0.4, -0.2) is 47.0 Å². The number of anilines is 1. The molecule has 0 saturated carbocycles. The minimum absolute atomic E-state index is 0.258. The molecule has 4 nitrogen and oxygen atoms in total. The number of piperazine rings is 1. The molecule has 1 aliphatic rings. The van der Waals surface area contributed by atoms with E-state index in [4.69, 9.17) is 5.73 Å². The van der Waals surface area contributed by atoms with Gasteiger partial charge in [-0.05, 0) is 20.9 Å². The fourth-order valence-electron chi connectivity index (χ4n) is 2.09. The predicted molar refractivity (Wildman–Crippen MR) is 68.5 cm³/mol. The number of nitrogen functional groups attached to an aromatic ring is 1. The fraction of sp³-hybridized carbons (Fsp3) is 0.727. The van der Waals surface area contributed by atoms with Crippen LogP contribution < -0.4 is 5.73 Å². The lowest BCUT2D eigenvalue weighted by Crippen LogP contribution is -2.57. The van der Waals surface area contributed by atoms with Gasteiger partial charge in [-0.25, -0.2) is 4.98 Å². The summed E-state index contributed by atoms with van der Waals surface area (Å²) in [5, 5.41) is 0.670. The van der Waals surface area contributed by atoms with Gasteiger partial charge in [0.25, 0.3) is 0 Å². The molecule has 2 heterocycles. The number of hydrogen-bond acceptors (Lipinski definition) is 5. The summed E-state index contributed by atoms with van der Waals surface area (Å²) in [7, 11) is 2.20. The van der Waals surface area contributed by atoms with Gasteiger partial charge >= 0.3 is 0 Å². The summed E-state index contributed by atoms with van der Waals surface area (Å²) in [5.74, 6) is 0. The maximum absolute atomic E-state index is 5.64. The Kier molecular flexibility index (Phi) is 3.19. The summed E-state index contributed by atoms with van der Waals surface area (Å²) in [5.41, 5.74) is 5.90. The van der Waals surface area contributed by atoms with Crippen LogP contribution in [0.5, 0.6) is 0 Å². The molecule has 5 heteroatoms. The number of rotatable bonds is 2. The maximum Gasteiger partial charge on any atom is 0.180 e. The summed E-state index contributed by atoms with van der Waals surface area (Å²) in [6, 6.07) is 0. The third kappa shape index (κ3) is 2.53. The molecule has 0 bridgehead atoms. The zero-order valence-electron chi connectivity index (χ0n) is 10.2. The molecule has 0 aromatic carbocycles. The first-order chi connectivity index (χ1) is 7.47. The Morgan fingerprint density at radius 3 is 2.81 bits per heavy atom. The lowest BCUT2D eigenvalue weighted by Gasteiger charge is -2.45. The van der Waals surface area contributed by atoms with Crippen LogP contribution in [0, 0.1) is 0 Å². The van der Waals surface area contributed by atoms with Crippen molar-refractivity contribution in [2.24, 2.45) is 0 Å². The smallest absolute Gasteiger partial charge is 0.180 e. The summed E-state index contributed by atoms with van der Waals surface area (Å²) < 4.78 is 0. The molecule has 0 amide bonds. The zero-order valence-corrected chi connectivity index (χ0v) is 11.0. The molecule has 0 radical (unpaired) electrons. The Morgan fingerprint density at radius 2 is 2.25 bits per heavy atom. The Bertz CT molecular complexity index is 361. The second-order valence-electron chi connectivity index (χ2n) is 5.11. The van der Waals surface area contributed by atoms with Crippen molar-refractivity contribution in [1.82, 2.24) is 14.8 Å². The standard InChI is InChI=1S/C11H20N4S/c1-11(2)8-15(5-4-14(11)3)7-9-6-13-10(12)16-9/h6H,4-5,7-8H2,1-3H3,(H2,12,13). The minimum Gasteiger partial charge on any atom is -0.375 e. The van der Waals surface area contributed by atoms with Crippen molar-refractivity contribution in [3.05, 3.63) is 11.1 Å². The molecular weight excluding hydrogens is 220 g/mol. The van der Waals surface area contributed by atoms with Gasteiger partial charge in [0, 0.05) is 42.8 Å². The van der Waals surface area contributed by atoms with Crippen molar-refractivity contribution in [3.63, 3.8) is 0 Å². The topological polar surface area (TPSA) is 45.4 Å². The van der Waals surface area contributed by atoms with Gasteiger partial charge < -0.3 is 5.73 Å². The molecule has 0 unspecified atom stereocenters. The first kappa shape index (κ1) is 11.8. The second kappa shape index (κ2) is 4.31. The summed E-state index contributed by atoms with van der Waals surface area (Å²) in [6.07, 6.45) is 1.89. The van der Waals surface area contributed by atoms with Gasteiger partial charge in [-0.2, -0.15) is 0 Å². The van der Waals surface area contributed by atoms with Crippen molar-refractivity contribution < 1.29 is 0 Å². The Balaban J connectivity index is 1.97. The molecule has 16 heavy (non-hydrogen) atoms. The van der Waals surface area contributed by atoms with Gasteiger partial charge in [0.1, 0.15) is 0 Å². The van der Waals surface area contributed by atoms with Crippen LogP contribution in [0.3, 0.4) is 0 Å². The first-order valence-electron chi connectivity index (χ1n) is 5.61. The van der Waals surface area contributed by atoms with Gasteiger partial charge in [0.15, 0.2) is 5.13 Å². The van der Waals surface area contributed by atoms with E-state index in [1.807, 2.05) is 6.20 Å². The van der Waals surface area contributed by atoms with Gasteiger partial charge in [-0.15, -0.1) is 11.3 Å². The normalized spacial score (nSPS) is 22.4. The molecular formula is C11H20N4S. The van der Waals surface area contributed by atoms with E-state index >= 15 is 0 Å². The molecule has 0 atom stereocenters. The molecule has 1 aromatic heterocycles. The molecule has 0 spiro atoms. The number of aromatic nitrogens is 1. The number of nitrogens with zero attached hydrogens (tertiary/aromatic N) is 3. The highest BCUT2D eigenvalue weighted by atomic mass is 32.1. The maximum atomic E-state index is 5.64. The van der Waals surface area contributed by atoms with E-state index < -0.39 is 0 Å². The summed E-state index contributed by atoms with van der Waals surface area (Å²) >= 11 is 1.59. The third-order valence-electron chi connectivity index (χ3n) is 3.35. The van der Waals surface area contributed by atoms with Gasteiger partial charge in [-0.3, -0.25) is 9.80 Å². The van der Waals surface area contributed by atoms with Crippen LogP contribution in [0.25, 0.3) is 0 Å². The van der Waals surface area contributed by atoms with Crippen LogP contribution in [0.2, 0.25) is 0 Å². The molecule has 2 rings (SSSR count). The lowest BCUT2D eigenvalue weighted by atomic mass is 10.00. The first-order valence-corrected chi connectivity index (χ1v) is 6.43. The van der Waals surface area contributed by atoms with Crippen molar-refractivity contribution in [2.75, 3.05) is 32.4 Å². The average molecular weight is 240 g/mol. The van der Waals surface area contributed by atoms with Crippen LogP contribution in [-0.2, 0) is 6.54 Å². The highest BCUT2D eigenvalue weighted by molar-refractivity contribution is 7.15. The summed E-state index contributed by atoms with van der Waals surface area (Å²) in [4.78, 5) is 10.3. The monoisotopic (exact) mass is 240 g/mol. The fourth-order valence-corrected chi connectivity index (χ4v) is 2.82. The Labute approximate surface area is 101 Å². The Morgan fingerprint density at radius 1 is 1.50 bits per heavy atom. The van der Waals surface area contributed by atoms with E-state index in [1.165, 1.54) is 4.88 Å². The average Bonchev–Trinajstić information content (AvgIpc) is 2.57. The summed E-state index contributed by atoms with van der Waals surface area (Å²) in [6.45, 7) is 8.91. The molecule has 90 valence electrons. The zero-order chi connectivity index (χ0) is 11.8. The Hall–Kier alpha value is -0.650. The van der Waals surface area contributed by atoms with Crippen molar-refractivity contribution in [3.8, 4) is 0 Å². The number of hydrogen-bond donors (Lipinski definition) is 1. The van der Waals surface area contributed by atoms with Crippen LogP contribution >= 0.6 is 11.3 Å². The molecule has 1 fully saturated rings. The lowest BCUT2D eigenvalue weighted by molar-refractivity contribution is 0.0365. The van der Waals surface area contributed by atoms with Crippen LogP contribution in [0.4, 0.5) is 5.13 Å². The number of nitrogens with two attached hydrogens (primary N) is 1. The van der Waals surface area contributed by atoms with E-state index in [9.17, 15) is 0 Å². The van der Waals surface area contributed by atoms with Gasteiger partial charge in [-0.1, -0.05) is 0 Å². The quantitative estimate of drug-likeness (QED) is 0.845. The van der Waals surface area contributed by atoms with E-state index in [0.717, 1.165) is 26.2 Å². The van der Waals surface area contributed by atoms with E-state index in [2.05, 4.69) is 35.7 Å². The van der Waals surface area contributed by atoms with Crippen molar-refractivity contribution in [1.29, 1.82) is 0 Å². The predicted octanol–water partition coefficient (Wildman–Crippen LogP) is 1.25. The number of thiazole rings is 1. The molecule has 1 aromatic rings. The van der Waals surface area contributed by atoms with Crippen LogP contribution in [0.15, 0.2) is 6.20 Å². The molecule has 2 N–H and O–H groups in total. The minimum atomic E-state index is 0.258. The van der Waals surface area contributed by atoms with Crippen LogP contribution in [0.1, 0.15) is 18.7 Å². The highest BCUT2D eigenvalue weighted by Crippen LogP contribution is 2.22. The van der Waals surface area contributed by atoms with E-state index in [0.29, 0.717) is 5.13 Å². The molecule has 0 aliphatic carbocycles. The van der Waals surface area contributed by atoms with Crippen molar-refractivity contribution >= 4 is 16.5 Å². The van der Waals surface area contributed by atoms with E-state index in [-0.39, 0.29) is 5.54 Å². The van der Waals surface area contributed by atoms with Gasteiger partial charge in [0.2, 0.25) is 0 Å². The van der Waals surface area contributed by atoms with Crippen molar-refractivity contribution in [2.45, 2.75) is 25.9 Å².